The van der Waals surface area contributed by atoms with Gasteiger partial charge in [0.1, 0.15) is 11.1 Å². The van der Waals surface area contributed by atoms with Crippen molar-refractivity contribution in [2.24, 2.45) is 0 Å². The summed E-state index contributed by atoms with van der Waals surface area (Å²) in [5.74, 6) is 0.697. The van der Waals surface area contributed by atoms with E-state index >= 15 is 0 Å². The molecule has 1 aromatic heterocycles. The third-order valence-corrected chi connectivity index (χ3v) is 6.45. The number of halogens is 1. The number of carbonyl (C=O) groups is 1. The lowest BCUT2D eigenvalue weighted by atomic mass is 10.0. The van der Waals surface area contributed by atoms with Crippen LogP contribution < -0.4 is 10.7 Å². The lowest BCUT2D eigenvalue weighted by Gasteiger charge is -2.33. The molecule has 1 aliphatic rings. The molecule has 1 aliphatic heterocycles. The van der Waals surface area contributed by atoms with Crippen LogP contribution in [0, 0.1) is 20.8 Å². The quantitative estimate of drug-likeness (QED) is 0.610. The maximum absolute atomic E-state index is 13.2. The Morgan fingerprint density at radius 1 is 1.14 bits per heavy atom. The van der Waals surface area contributed by atoms with Gasteiger partial charge < -0.3 is 10.7 Å². The van der Waals surface area contributed by atoms with E-state index in [2.05, 4.69) is 68.1 Å². The molecule has 0 radical (unpaired) electrons. The molecule has 0 bridgehead atoms. The Kier molecular flexibility index (Phi) is 5.16. The van der Waals surface area contributed by atoms with Crippen molar-refractivity contribution in [2.75, 3.05) is 10.7 Å². The van der Waals surface area contributed by atoms with Gasteiger partial charge in [-0.25, -0.2) is 4.68 Å². The first kappa shape index (κ1) is 19.0. The minimum absolute atomic E-state index is 0.0691. The Bertz CT molecular complexity index is 1030. The third-order valence-electron chi connectivity index (χ3n) is 4.74. The van der Waals surface area contributed by atoms with Crippen LogP contribution in [-0.4, -0.2) is 26.0 Å². The highest BCUT2D eigenvalue weighted by Crippen LogP contribution is 2.37. The Morgan fingerprint density at radius 2 is 1.89 bits per heavy atom. The summed E-state index contributed by atoms with van der Waals surface area (Å²) in [7, 11) is 0. The summed E-state index contributed by atoms with van der Waals surface area (Å²) >= 11 is 4.89. The average Bonchev–Trinajstić information content (AvgIpc) is 3.04. The van der Waals surface area contributed by atoms with Crippen LogP contribution in [0.5, 0.6) is 0 Å². The number of rotatable bonds is 3. The number of hydrogen-bond donors (Lipinski definition) is 2. The Hall–Kier alpha value is -2.32. The third kappa shape index (κ3) is 3.66. The lowest BCUT2D eigenvalue weighted by Crippen LogP contribution is -2.41. The van der Waals surface area contributed by atoms with E-state index in [0.29, 0.717) is 5.16 Å². The number of aromatic nitrogens is 3. The molecule has 0 saturated heterocycles. The van der Waals surface area contributed by atoms with Crippen molar-refractivity contribution in [1.82, 2.24) is 14.9 Å². The molecule has 4 rings (SSSR count). The molecular formula is C20H20BrN5OS. The molecule has 8 heteroatoms. The van der Waals surface area contributed by atoms with Gasteiger partial charge in [0.05, 0.1) is 6.04 Å². The average molecular weight is 458 g/mol. The number of nitrogens with zero attached hydrogens (tertiary/aromatic N) is 3. The number of nitrogens with one attached hydrogen (secondary N) is 2. The van der Waals surface area contributed by atoms with E-state index in [0.717, 1.165) is 27.1 Å². The van der Waals surface area contributed by atoms with Gasteiger partial charge >= 0.3 is 0 Å². The number of hydrogen-bond acceptors (Lipinski definition) is 5. The maximum Gasteiger partial charge on any atom is 0.240 e. The van der Waals surface area contributed by atoms with Crippen molar-refractivity contribution >= 4 is 39.3 Å². The Labute approximate surface area is 176 Å². The van der Waals surface area contributed by atoms with Gasteiger partial charge in [-0.2, -0.15) is 0 Å². The minimum atomic E-state index is -0.387. The Morgan fingerprint density at radius 3 is 2.61 bits per heavy atom. The van der Waals surface area contributed by atoms with Crippen LogP contribution in [0.3, 0.4) is 0 Å². The number of carbonyl (C=O) groups excluding carboxylic acids is 1. The van der Waals surface area contributed by atoms with Gasteiger partial charge in [0.15, 0.2) is 0 Å². The van der Waals surface area contributed by atoms with Crippen LogP contribution in [0.4, 0.5) is 5.69 Å². The molecule has 3 aromatic rings. The van der Waals surface area contributed by atoms with Gasteiger partial charge in [0.25, 0.3) is 0 Å². The lowest BCUT2D eigenvalue weighted by molar-refractivity contribution is -0.116. The zero-order valence-corrected chi connectivity index (χ0v) is 18.1. The molecule has 0 saturated carbocycles. The summed E-state index contributed by atoms with van der Waals surface area (Å²) in [4.78, 5) is 13.2. The summed E-state index contributed by atoms with van der Waals surface area (Å²) in [6.07, 6.45) is 0. The molecule has 2 unspecified atom stereocenters. The number of benzene rings is 2. The van der Waals surface area contributed by atoms with Crippen LogP contribution in [0.25, 0.3) is 0 Å². The molecule has 0 spiro atoms. The fourth-order valence-corrected chi connectivity index (χ4v) is 4.76. The first-order valence-corrected chi connectivity index (χ1v) is 10.6. The molecule has 1 amide bonds. The van der Waals surface area contributed by atoms with Gasteiger partial charge in [-0.1, -0.05) is 57.5 Å². The molecule has 2 aromatic carbocycles. The fraction of sp³-hybridized carbons (Fsp3) is 0.250. The molecule has 144 valence electrons. The molecule has 2 heterocycles. The van der Waals surface area contributed by atoms with E-state index in [1.807, 2.05) is 36.7 Å². The first-order chi connectivity index (χ1) is 13.4. The van der Waals surface area contributed by atoms with Crippen molar-refractivity contribution in [1.29, 1.82) is 0 Å². The number of thioether (sulfide) groups is 1. The highest BCUT2D eigenvalue weighted by molar-refractivity contribution is 9.10. The predicted octanol–water partition coefficient (Wildman–Crippen LogP) is 4.36. The number of amides is 1. The number of fused-ring (bicyclic) bond motifs is 1. The summed E-state index contributed by atoms with van der Waals surface area (Å²) in [5, 5.41) is 11.7. The molecule has 2 atom stereocenters. The SMILES string of the molecule is Cc1ccc(C2Nn3c(C)nnc3SC2C(=O)Nc2ccc(Br)cc2C)cc1. The molecule has 0 aliphatic carbocycles. The van der Waals surface area contributed by atoms with Gasteiger partial charge in [0, 0.05) is 10.2 Å². The number of anilines is 1. The summed E-state index contributed by atoms with van der Waals surface area (Å²) in [6.45, 7) is 5.92. The molecule has 6 nitrogen and oxygen atoms in total. The van der Waals surface area contributed by atoms with Crippen molar-refractivity contribution in [2.45, 2.75) is 37.2 Å². The standard InChI is InChI=1S/C20H20BrN5OS/c1-11-4-6-14(7-5-11)17-18(28-20-24-23-13(3)26(20)25-17)19(27)22-16-9-8-15(21)10-12(16)2/h4-10,17-18,25H,1-3H3,(H,22,27). The van der Waals surface area contributed by atoms with E-state index in [-0.39, 0.29) is 17.2 Å². The van der Waals surface area contributed by atoms with E-state index in [4.69, 9.17) is 0 Å². The van der Waals surface area contributed by atoms with Crippen molar-refractivity contribution in [3.8, 4) is 0 Å². The summed E-state index contributed by atoms with van der Waals surface area (Å²) < 4.78 is 2.84. The second kappa shape index (κ2) is 7.60. The van der Waals surface area contributed by atoms with Crippen LogP contribution in [-0.2, 0) is 4.79 Å². The maximum atomic E-state index is 13.2. The molecule has 0 fully saturated rings. The smallest absolute Gasteiger partial charge is 0.240 e. The predicted molar refractivity (Wildman–Crippen MR) is 115 cm³/mol. The van der Waals surface area contributed by atoms with Gasteiger partial charge in [-0.15, -0.1) is 10.2 Å². The number of aryl methyl sites for hydroxylation is 3. The van der Waals surface area contributed by atoms with E-state index in [1.165, 1.54) is 17.3 Å². The molecule has 28 heavy (non-hydrogen) atoms. The normalized spacial score (nSPS) is 18.3. The van der Waals surface area contributed by atoms with Gasteiger partial charge in [-0.05, 0) is 50.1 Å². The zero-order chi connectivity index (χ0) is 19.8. The van der Waals surface area contributed by atoms with Crippen LogP contribution in [0.1, 0.15) is 28.6 Å². The highest BCUT2D eigenvalue weighted by atomic mass is 79.9. The van der Waals surface area contributed by atoms with Crippen LogP contribution in [0.2, 0.25) is 0 Å². The molecule has 2 N–H and O–H groups in total. The van der Waals surface area contributed by atoms with E-state index < -0.39 is 0 Å². The second-order valence-corrected chi connectivity index (χ2v) is 8.89. The monoisotopic (exact) mass is 457 g/mol. The molecular weight excluding hydrogens is 438 g/mol. The largest absolute Gasteiger partial charge is 0.325 e. The van der Waals surface area contributed by atoms with Crippen molar-refractivity contribution in [3.63, 3.8) is 0 Å². The van der Waals surface area contributed by atoms with Crippen LogP contribution in [0.15, 0.2) is 52.1 Å². The van der Waals surface area contributed by atoms with E-state index in [9.17, 15) is 4.79 Å². The summed E-state index contributed by atoms with van der Waals surface area (Å²) in [6, 6.07) is 13.8. The minimum Gasteiger partial charge on any atom is -0.325 e. The van der Waals surface area contributed by atoms with Crippen molar-refractivity contribution < 1.29 is 4.79 Å². The zero-order valence-electron chi connectivity index (χ0n) is 15.7. The highest BCUT2D eigenvalue weighted by Gasteiger charge is 2.37. The fourth-order valence-electron chi connectivity index (χ4n) is 3.16. The van der Waals surface area contributed by atoms with Gasteiger partial charge in [0.2, 0.25) is 11.1 Å². The van der Waals surface area contributed by atoms with Gasteiger partial charge in [-0.3, -0.25) is 4.79 Å². The summed E-state index contributed by atoms with van der Waals surface area (Å²) in [5.41, 5.74) is 7.46. The topological polar surface area (TPSA) is 71.8 Å². The second-order valence-electron chi connectivity index (χ2n) is 6.87. The van der Waals surface area contributed by atoms with E-state index in [1.54, 1.807) is 0 Å². The van der Waals surface area contributed by atoms with Crippen molar-refractivity contribution in [3.05, 3.63) is 69.5 Å². The first-order valence-electron chi connectivity index (χ1n) is 8.91. The van der Waals surface area contributed by atoms with Crippen LogP contribution >= 0.6 is 27.7 Å². The Balaban J connectivity index is 1.67.